The van der Waals surface area contributed by atoms with E-state index in [4.69, 9.17) is 4.98 Å². The van der Waals surface area contributed by atoms with Crippen LogP contribution in [0.4, 0.5) is 0 Å². The van der Waals surface area contributed by atoms with Crippen molar-refractivity contribution in [3.8, 4) is 0 Å². The van der Waals surface area contributed by atoms with Gasteiger partial charge < -0.3 is 0 Å². The van der Waals surface area contributed by atoms with E-state index in [1.54, 1.807) is 0 Å². The Balaban J connectivity index is 2.15. The number of aryl methyl sites for hydroxylation is 2. The molecule has 0 spiro atoms. The third-order valence-corrected chi connectivity index (χ3v) is 4.09. The second-order valence-corrected chi connectivity index (χ2v) is 5.15. The van der Waals surface area contributed by atoms with Crippen LogP contribution in [0, 0.1) is 0 Å². The molecule has 0 radical (unpaired) electrons. The molecule has 0 atom stereocenters. The van der Waals surface area contributed by atoms with Crippen LogP contribution in [-0.2, 0) is 12.8 Å². The molecule has 1 aliphatic carbocycles. The van der Waals surface area contributed by atoms with Crippen LogP contribution in [0.25, 0.3) is 21.7 Å². The van der Waals surface area contributed by atoms with Gasteiger partial charge in [0.2, 0.25) is 0 Å². The largest absolute Gasteiger partial charge is 0.255 e. The van der Waals surface area contributed by atoms with Crippen LogP contribution in [-0.4, -0.2) is 4.98 Å². The smallest absolute Gasteiger partial charge is 0.0783 e. The third kappa shape index (κ3) is 1.37. The van der Waals surface area contributed by atoms with Crippen molar-refractivity contribution in [3.05, 3.63) is 53.7 Å². The van der Waals surface area contributed by atoms with Gasteiger partial charge in [0, 0.05) is 17.0 Å². The van der Waals surface area contributed by atoms with E-state index in [2.05, 4.69) is 42.6 Å². The monoisotopic (exact) mass is 233 g/mol. The van der Waals surface area contributed by atoms with Gasteiger partial charge in [0.25, 0.3) is 0 Å². The van der Waals surface area contributed by atoms with Crippen molar-refractivity contribution in [2.75, 3.05) is 0 Å². The Hall–Kier alpha value is -1.89. The zero-order valence-electron chi connectivity index (χ0n) is 10.3. The highest BCUT2D eigenvalue weighted by molar-refractivity contribution is 6.06. The van der Waals surface area contributed by atoms with E-state index in [-0.39, 0.29) is 0 Å². The van der Waals surface area contributed by atoms with Crippen molar-refractivity contribution >= 4 is 21.7 Å². The van der Waals surface area contributed by atoms with Crippen molar-refractivity contribution in [1.29, 1.82) is 0 Å². The van der Waals surface area contributed by atoms with Crippen LogP contribution in [0.3, 0.4) is 0 Å². The molecule has 1 aliphatic rings. The summed E-state index contributed by atoms with van der Waals surface area (Å²) in [6.45, 7) is 0. The van der Waals surface area contributed by atoms with Gasteiger partial charge in [-0.05, 0) is 42.2 Å². The zero-order chi connectivity index (χ0) is 11.9. The average Bonchev–Trinajstić information content (AvgIpc) is 2.46. The second kappa shape index (κ2) is 3.81. The molecule has 3 aromatic rings. The minimum absolute atomic E-state index is 1.17. The lowest BCUT2D eigenvalue weighted by Gasteiger charge is -2.17. The number of hydrogen-bond acceptors (Lipinski definition) is 1. The minimum atomic E-state index is 1.17. The summed E-state index contributed by atoms with van der Waals surface area (Å²) >= 11 is 0. The summed E-state index contributed by atoms with van der Waals surface area (Å²) in [6.07, 6.45) is 7.15. The molecule has 0 bridgehead atoms. The lowest BCUT2D eigenvalue weighted by Crippen LogP contribution is -2.04. The summed E-state index contributed by atoms with van der Waals surface area (Å²) in [4.78, 5) is 4.72. The SMILES string of the molecule is c1ccc2c(c1)ccc1c3c(cnc12)CCCC3. The fourth-order valence-corrected chi connectivity index (χ4v) is 3.16. The van der Waals surface area contributed by atoms with Crippen LogP contribution in [0.2, 0.25) is 0 Å². The van der Waals surface area contributed by atoms with Crippen molar-refractivity contribution in [2.45, 2.75) is 25.7 Å². The van der Waals surface area contributed by atoms with E-state index >= 15 is 0 Å². The molecule has 1 heterocycles. The van der Waals surface area contributed by atoms with Gasteiger partial charge in [0.15, 0.2) is 0 Å². The zero-order valence-corrected chi connectivity index (χ0v) is 10.3. The summed E-state index contributed by atoms with van der Waals surface area (Å²) in [5.74, 6) is 0. The van der Waals surface area contributed by atoms with Crippen LogP contribution in [0.15, 0.2) is 42.6 Å². The highest BCUT2D eigenvalue weighted by Crippen LogP contribution is 2.31. The van der Waals surface area contributed by atoms with Gasteiger partial charge >= 0.3 is 0 Å². The normalized spacial score (nSPS) is 14.9. The standard InChI is InChI=1S/C17H15N/c1-4-8-15-12(5-1)9-10-16-14-7-3-2-6-13(14)11-18-17(15)16/h1,4-5,8-11H,2-3,6-7H2. The van der Waals surface area contributed by atoms with Crippen LogP contribution < -0.4 is 0 Å². The summed E-state index contributed by atoms with van der Waals surface area (Å²) in [7, 11) is 0. The number of fused-ring (bicyclic) bond motifs is 5. The quantitative estimate of drug-likeness (QED) is 0.528. The van der Waals surface area contributed by atoms with Crippen molar-refractivity contribution in [2.24, 2.45) is 0 Å². The van der Waals surface area contributed by atoms with Gasteiger partial charge in [0.1, 0.15) is 0 Å². The number of aromatic nitrogens is 1. The first-order valence-electron chi connectivity index (χ1n) is 6.72. The Bertz CT molecular complexity index is 743. The molecular formula is C17H15N. The first-order valence-corrected chi connectivity index (χ1v) is 6.72. The highest BCUT2D eigenvalue weighted by Gasteiger charge is 2.14. The van der Waals surface area contributed by atoms with Crippen molar-refractivity contribution < 1.29 is 0 Å². The number of nitrogens with zero attached hydrogens (tertiary/aromatic N) is 1. The van der Waals surface area contributed by atoms with E-state index < -0.39 is 0 Å². The summed E-state index contributed by atoms with van der Waals surface area (Å²) < 4.78 is 0. The lowest BCUT2D eigenvalue weighted by molar-refractivity contribution is 0.687. The van der Waals surface area contributed by atoms with Gasteiger partial charge in [0.05, 0.1) is 5.52 Å². The molecule has 4 rings (SSSR count). The fraction of sp³-hybridized carbons (Fsp3) is 0.235. The molecule has 18 heavy (non-hydrogen) atoms. The molecule has 0 aliphatic heterocycles. The predicted octanol–water partition coefficient (Wildman–Crippen LogP) is 4.27. The van der Waals surface area contributed by atoms with Crippen molar-refractivity contribution in [3.63, 3.8) is 0 Å². The fourth-order valence-electron chi connectivity index (χ4n) is 3.16. The first-order chi connectivity index (χ1) is 8.93. The maximum absolute atomic E-state index is 4.72. The summed E-state index contributed by atoms with van der Waals surface area (Å²) in [5.41, 5.74) is 4.18. The molecule has 1 heteroatoms. The van der Waals surface area contributed by atoms with Crippen LogP contribution in [0.1, 0.15) is 24.0 Å². The van der Waals surface area contributed by atoms with E-state index in [1.165, 1.54) is 58.5 Å². The van der Waals surface area contributed by atoms with Gasteiger partial charge in [-0.2, -0.15) is 0 Å². The van der Waals surface area contributed by atoms with Gasteiger partial charge in [-0.3, -0.25) is 4.98 Å². The predicted molar refractivity (Wildman–Crippen MR) is 75.9 cm³/mol. The Morgan fingerprint density at radius 3 is 2.72 bits per heavy atom. The van der Waals surface area contributed by atoms with E-state index in [9.17, 15) is 0 Å². The molecule has 2 aromatic carbocycles. The number of benzene rings is 2. The number of rotatable bonds is 0. The second-order valence-electron chi connectivity index (χ2n) is 5.15. The molecule has 0 fully saturated rings. The van der Waals surface area contributed by atoms with E-state index in [0.29, 0.717) is 0 Å². The number of pyridine rings is 1. The molecule has 1 aromatic heterocycles. The number of hydrogen-bond donors (Lipinski definition) is 0. The van der Waals surface area contributed by atoms with Crippen LogP contribution >= 0.6 is 0 Å². The molecule has 0 N–H and O–H groups in total. The average molecular weight is 233 g/mol. The Labute approximate surface area is 106 Å². The Morgan fingerprint density at radius 2 is 1.72 bits per heavy atom. The molecule has 1 nitrogen and oxygen atoms in total. The van der Waals surface area contributed by atoms with Gasteiger partial charge in [-0.25, -0.2) is 0 Å². The first kappa shape index (κ1) is 10.1. The Morgan fingerprint density at radius 1 is 0.833 bits per heavy atom. The minimum Gasteiger partial charge on any atom is -0.255 e. The molecule has 0 amide bonds. The Kier molecular flexibility index (Phi) is 2.13. The van der Waals surface area contributed by atoms with E-state index in [1.807, 2.05) is 0 Å². The maximum atomic E-state index is 4.72. The summed E-state index contributed by atoms with van der Waals surface area (Å²) in [6, 6.07) is 13.0. The van der Waals surface area contributed by atoms with Gasteiger partial charge in [-0.1, -0.05) is 36.4 Å². The molecular weight excluding hydrogens is 218 g/mol. The molecule has 0 unspecified atom stereocenters. The molecule has 88 valence electrons. The maximum Gasteiger partial charge on any atom is 0.0783 e. The lowest BCUT2D eigenvalue weighted by atomic mass is 9.89. The van der Waals surface area contributed by atoms with Crippen LogP contribution in [0.5, 0.6) is 0 Å². The third-order valence-electron chi connectivity index (χ3n) is 4.09. The van der Waals surface area contributed by atoms with E-state index in [0.717, 1.165) is 0 Å². The van der Waals surface area contributed by atoms with Gasteiger partial charge in [-0.15, -0.1) is 0 Å². The molecule has 0 saturated heterocycles. The highest BCUT2D eigenvalue weighted by atomic mass is 14.7. The summed E-state index contributed by atoms with van der Waals surface area (Å²) in [5, 5.41) is 3.93. The molecule has 0 saturated carbocycles. The topological polar surface area (TPSA) is 12.9 Å². The van der Waals surface area contributed by atoms with Crippen molar-refractivity contribution in [1.82, 2.24) is 4.98 Å².